The van der Waals surface area contributed by atoms with Gasteiger partial charge in [-0.25, -0.2) is 9.37 Å². The van der Waals surface area contributed by atoms with E-state index in [1.54, 1.807) is 12.1 Å². The predicted molar refractivity (Wildman–Crippen MR) is 119 cm³/mol. The van der Waals surface area contributed by atoms with Gasteiger partial charge in [0.1, 0.15) is 11.6 Å². The average Bonchev–Trinajstić information content (AvgIpc) is 3.30. The van der Waals surface area contributed by atoms with Crippen molar-refractivity contribution >= 4 is 5.91 Å². The lowest BCUT2D eigenvalue weighted by Gasteiger charge is -2.31. The van der Waals surface area contributed by atoms with Crippen molar-refractivity contribution in [2.24, 2.45) is 5.92 Å². The second kappa shape index (κ2) is 8.98. The van der Waals surface area contributed by atoms with Gasteiger partial charge >= 0.3 is 0 Å². The summed E-state index contributed by atoms with van der Waals surface area (Å²) in [4.78, 5) is 37.9. The number of aromatic amines is 1. The summed E-state index contributed by atoms with van der Waals surface area (Å²) in [6, 6.07) is 6.63. The average molecular weight is 437 g/mol. The number of H-pyrrole nitrogens is 1. The van der Waals surface area contributed by atoms with E-state index in [1.807, 2.05) is 11.0 Å². The molecule has 3 aliphatic rings. The van der Waals surface area contributed by atoms with Crippen LogP contribution in [0.2, 0.25) is 0 Å². The minimum atomic E-state index is -0.212. The molecular formula is C25H29FN4O2. The number of nitrogens with one attached hydrogen (secondary N) is 1. The Bertz CT molecular complexity index is 1100. The molecule has 3 heterocycles. The highest BCUT2D eigenvalue weighted by molar-refractivity contribution is 5.80. The van der Waals surface area contributed by atoms with Crippen molar-refractivity contribution in [2.75, 3.05) is 13.1 Å². The second-order valence-electron chi connectivity index (χ2n) is 9.10. The van der Waals surface area contributed by atoms with E-state index in [1.165, 1.54) is 6.07 Å². The Morgan fingerprint density at radius 1 is 1.19 bits per heavy atom. The van der Waals surface area contributed by atoms with E-state index in [0.717, 1.165) is 37.8 Å². The minimum absolute atomic E-state index is 0.0289. The third kappa shape index (κ3) is 4.13. The summed E-state index contributed by atoms with van der Waals surface area (Å²) in [6.45, 7) is 2.40. The first-order valence-corrected chi connectivity index (χ1v) is 11.6. The van der Waals surface area contributed by atoms with E-state index < -0.39 is 0 Å². The number of allylic oxidation sites excluding steroid dienone is 2. The summed E-state index contributed by atoms with van der Waals surface area (Å²) in [5.41, 5.74) is 2.02. The molecule has 0 bridgehead atoms. The lowest BCUT2D eigenvalue weighted by molar-refractivity contribution is -0.136. The molecule has 2 atom stereocenters. The number of benzene rings is 1. The fourth-order valence-corrected chi connectivity index (χ4v) is 5.24. The lowest BCUT2D eigenvalue weighted by atomic mass is 9.93. The maximum atomic E-state index is 14.1. The van der Waals surface area contributed by atoms with E-state index in [9.17, 15) is 14.0 Å². The van der Waals surface area contributed by atoms with Crippen LogP contribution in [0.15, 0.2) is 41.2 Å². The Hall–Kier alpha value is -2.80. The first kappa shape index (κ1) is 21.1. The molecule has 1 saturated heterocycles. The quantitative estimate of drug-likeness (QED) is 0.745. The van der Waals surface area contributed by atoms with Crippen molar-refractivity contribution in [3.05, 3.63) is 75.2 Å². The Balaban J connectivity index is 1.37. The minimum Gasteiger partial charge on any atom is -0.332 e. The highest BCUT2D eigenvalue weighted by Gasteiger charge is 2.36. The number of carbonyl (C=O) groups excluding carboxylic acids is 1. The monoisotopic (exact) mass is 436 g/mol. The van der Waals surface area contributed by atoms with Crippen LogP contribution in [0.5, 0.6) is 0 Å². The fourth-order valence-electron chi connectivity index (χ4n) is 5.24. The van der Waals surface area contributed by atoms with Crippen LogP contribution in [0.3, 0.4) is 0 Å². The van der Waals surface area contributed by atoms with Crippen LogP contribution in [0.4, 0.5) is 4.39 Å². The smallest absolute Gasteiger partial charge is 0.254 e. The van der Waals surface area contributed by atoms with Gasteiger partial charge in [0.15, 0.2) is 0 Å². The van der Waals surface area contributed by atoms with E-state index in [4.69, 9.17) is 4.98 Å². The van der Waals surface area contributed by atoms with E-state index in [0.29, 0.717) is 49.6 Å². The number of halogens is 1. The van der Waals surface area contributed by atoms with Crippen LogP contribution >= 0.6 is 0 Å². The third-order valence-electron chi connectivity index (χ3n) is 6.99. The van der Waals surface area contributed by atoms with E-state index in [2.05, 4.69) is 22.0 Å². The summed E-state index contributed by atoms with van der Waals surface area (Å²) < 4.78 is 14.1. The molecule has 1 amide bonds. The summed E-state index contributed by atoms with van der Waals surface area (Å²) >= 11 is 0. The standard InChI is InChI=1S/C25H29FN4O2/c26-20-10-5-4-9-18(20)15-29-14-12-19-21(16-29)27-23(28-24(19)31)22-11-6-13-30(22)25(32)17-7-2-1-3-8-17/h1-2,4-5,9-10,17,22H,3,6-8,11-16H2,(H,27,28,31). The molecule has 0 radical (unpaired) electrons. The van der Waals surface area contributed by atoms with Gasteiger partial charge in [0.25, 0.3) is 5.56 Å². The number of hydrogen-bond acceptors (Lipinski definition) is 4. The van der Waals surface area contributed by atoms with Crippen molar-refractivity contribution in [3.8, 4) is 0 Å². The topological polar surface area (TPSA) is 69.3 Å². The molecule has 2 aromatic rings. The van der Waals surface area contributed by atoms with Crippen molar-refractivity contribution in [1.82, 2.24) is 19.8 Å². The summed E-state index contributed by atoms with van der Waals surface area (Å²) in [5.74, 6) is 0.592. The maximum Gasteiger partial charge on any atom is 0.254 e. The Kier molecular flexibility index (Phi) is 5.91. The van der Waals surface area contributed by atoms with E-state index in [-0.39, 0.29) is 29.2 Å². The Morgan fingerprint density at radius 3 is 2.88 bits per heavy atom. The maximum absolute atomic E-state index is 14.1. The Labute approximate surface area is 187 Å². The number of hydrogen-bond donors (Lipinski definition) is 1. The van der Waals surface area contributed by atoms with Gasteiger partial charge < -0.3 is 9.88 Å². The van der Waals surface area contributed by atoms with Crippen molar-refractivity contribution < 1.29 is 9.18 Å². The zero-order chi connectivity index (χ0) is 22.1. The Morgan fingerprint density at radius 2 is 2.06 bits per heavy atom. The van der Waals surface area contributed by atoms with Gasteiger partial charge in [-0.3, -0.25) is 14.5 Å². The van der Waals surface area contributed by atoms with Crippen molar-refractivity contribution in [1.29, 1.82) is 0 Å². The number of carbonyl (C=O) groups is 1. The van der Waals surface area contributed by atoms with Gasteiger partial charge in [0, 0.05) is 43.2 Å². The molecule has 2 unspecified atom stereocenters. The fraction of sp³-hybridized carbons (Fsp3) is 0.480. The molecule has 1 aromatic carbocycles. The summed E-state index contributed by atoms with van der Waals surface area (Å²) in [5, 5.41) is 0. The number of amides is 1. The summed E-state index contributed by atoms with van der Waals surface area (Å²) in [6.07, 6.45) is 9.18. The van der Waals surface area contributed by atoms with Gasteiger partial charge in [-0.1, -0.05) is 30.4 Å². The van der Waals surface area contributed by atoms with E-state index >= 15 is 0 Å². The number of rotatable bonds is 4. The molecule has 168 valence electrons. The van der Waals surface area contributed by atoms with Gasteiger partial charge in [0.2, 0.25) is 5.91 Å². The number of nitrogens with zero attached hydrogens (tertiary/aromatic N) is 3. The van der Waals surface area contributed by atoms with Crippen LogP contribution in [0.1, 0.15) is 60.8 Å². The molecule has 5 rings (SSSR count). The first-order valence-electron chi connectivity index (χ1n) is 11.6. The van der Waals surface area contributed by atoms with Crippen LogP contribution in [0, 0.1) is 11.7 Å². The van der Waals surface area contributed by atoms with Gasteiger partial charge in [-0.2, -0.15) is 0 Å². The largest absolute Gasteiger partial charge is 0.332 e. The molecule has 1 fully saturated rings. The van der Waals surface area contributed by atoms with Gasteiger partial charge in [0.05, 0.1) is 11.7 Å². The molecule has 7 heteroatoms. The van der Waals surface area contributed by atoms with Crippen LogP contribution in [-0.2, 0) is 24.3 Å². The van der Waals surface area contributed by atoms with Crippen LogP contribution < -0.4 is 5.56 Å². The first-order chi connectivity index (χ1) is 15.6. The molecule has 0 spiro atoms. The zero-order valence-electron chi connectivity index (χ0n) is 18.2. The zero-order valence-corrected chi connectivity index (χ0v) is 18.2. The highest BCUT2D eigenvalue weighted by atomic mass is 19.1. The summed E-state index contributed by atoms with van der Waals surface area (Å²) in [7, 11) is 0. The number of aromatic nitrogens is 2. The molecule has 2 aliphatic heterocycles. The van der Waals surface area contributed by atoms with Crippen LogP contribution in [0.25, 0.3) is 0 Å². The number of fused-ring (bicyclic) bond motifs is 1. The second-order valence-corrected chi connectivity index (χ2v) is 9.10. The van der Waals surface area contributed by atoms with Crippen molar-refractivity contribution in [3.63, 3.8) is 0 Å². The SMILES string of the molecule is O=C(C1CC=CCC1)N1CCCC1c1nc2c(c(=O)[nH]1)CCN(Cc1ccccc1F)C2. The molecule has 1 N–H and O–H groups in total. The molecule has 6 nitrogen and oxygen atoms in total. The van der Waals surface area contributed by atoms with Gasteiger partial charge in [-0.05, 0) is 44.6 Å². The third-order valence-corrected chi connectivity index (χ3v) is 6.99. The molecule has 1 aromatic heterocycles. The van der Waals surface area contributed by atoms with Gasteiger partial charge in [-0.15, -0.1) is 0 Å². The molecule has 0 saturated carbocycles. The lowest BCUT2D eigenvalue weighted by Crippen LogP contribution is -2.39. The highest BCUT2D eigenvalue weighted by Crippen LogP contribution is 2.33. The number of likely N-dealkylation sites (tertiary alicyclic amines) is 1. The molecule has 1 aliphatic carbocycles. The van der Waals surface area contributed by atoms with Crippen molar-refractivity contribution in [2.45, 2.75) is 57.7 Å². The van der Waals surface area contributed by atoms with Crippen LogP contribution in [-0.4, -0.2) is 38.8 Å². The molecular weight excluding hydrogens is 407 g/mol. The molecule has 32 heavy (non-hydrogen) atoms. The normalized spacial score (nSPS) is 23.3. The predicted octanol–water partition coefficient (Wildman–Crippen LogP) is 3.49.